The fraction of sp³-hybridized carbons (Fsp3) is 0.538. The molecule has 0 saturated heterocycles. The van der Waals surface area contributed by atoms with Crippen molar-refractivity contribution in [2.75, 3.05) is 20.1 Å². The summed E-state index contributed by atoms with van der Waals surface area (Å²) >= 11 is 0. The predicted molar refractivity (Wildman–Crippen MR) is 75.1 cm³/mol. The maximum Gasteiger partial charge on any atom is 0.243 e. The minimum Gasteiger partial charge on any atom is -0.326 e. The lowest BCUT2D eigenvalue weighted by Crippen LogP contribution is -2.34. The number of nitrogens with zero attached hydrogens (tertiary/aromatic N) is 1. The van der Waals surface area contributed by atoms with Crippen LogP contribution in [0.5, 0.6) is 0 Å². The Morgan fingerprint density at radius 2 is 2.05 bits per heavy atom. The molecule has 0 aliphatic heterocycles. The van der Waals surface area contributed by atoms with Gasteiger partial charge in [-0.3, -0.25) is 0 Å². The van der Waals surface area contributed by atoms with Gasteiger partial charge < -0.3 is 10.6 Å². The maximum atomic E-state index is 13.7. The van der Waals surface area contributed by atoms with Crippen molar-refractivity contribution in [3.05, 3.63) is 29.3 Å². The third kappa shape index (κ3) is 3.97. The molecule has 0 heterocycles. The second-order valence-corrected chi connectivity index (χ2v) is 6.94. The van der Waals surface area contributed by atoms with E-state index in [0.29, 0.717) is 12.6 Å². The summed E-state index contributed by atoms with van der Waals surface area (Å²) in [6.07, 6.45) is 2.23. The highest BCUT2D eigenvalue weighted by atomic mass is 32.2. The van der Waals surface area contributed by atoms with Crippen LogP contribution in [0.25, 0.3) is 0 Å². The smallest absolute Gasteiger partial charge is 0.243 e. The van der Waals surface area contributed by atoms with E-state index < -0.39 is 26.6 Å². The van der Waals surface area contributed by atoms with E-state index in [2.05, 4.69) is 4.72 Å². The Hall–Kier alpha value is -1.09. The fourth-order valence-electron chi connectivity index (χ4n) is 2.06. The van der Waals surface area contributed by atoms with Crippen molar-refractivity contribution < 1.29 is 17.2 Å². The van der Waals surface area contributed by atoms with Crippen molar-refractivity contribution in [1.82, 2.24) is 9.62 Å². The normalized spacial score (nSPS) is 15.7. The predicted octanol–water partition coefficient (Wildman–Crippen LogP) is 0.796. The van der Waals surface area contributed by atoms with Crippen molar-refractivity contribution in [2.24, 2.45) is 5.73 Å². The van der Waals surface area contributed by atoms with Gasteiger partial charge >= 0.3 is 0 Å². The topological polar surface area (TPSA) is 75.4 Å². The van der Waals surface area contributed by atoms with Gasteiger partial charge in [0.1, 0.15) is 4.90 Å². The van der Waals surface area contributed by atoms with E-state index in [1.165, 1.54) is 0 Å². The van der Waals surface area contributed by atoms with Crippen molar-refractivity contribution in [3.8, 4) is 0 Å². The summed E-state index contributed by atoms with van der Waals surface area (Å²) in [6, 6.07) is 2.46. The lowest BCUT2D eigenvalue weighted by atomic mass is 10.2. The number of sulfonamides is 1. The Balaban J connectivity index is 2.09. The first kappa shape index (κ1) is 16.3. The molecule has 0 radical (unpaired) electrons. The molecule has 8 heteroatoms. The highest BCUT2D eigenvalue weighted by Crippen LogP contribution is 2.24. The first-order valence-corrected chi connectivity index (χ1v) is 8.21. The van der Waals surface area contributed by atoms with Crippen LogP contribution in [0, 0.1) is 11.6 Å². The monoisotopic (exact) mass is 319 g/mol. The maximum absolute atomic E-state index is 13.7. The quantitative estimate of drug-likeness (QED) is 0.779. The molecule has 1 aliphatic carbocycles. The van der Waals surface area contributed by atoms with Crippen LogP contribution < -0.4 is 10.5 Å². The zero-order valence-corrected chi connectivity index (χ0v) is 12.6. The van der Waals surface area contributed by atoms with Gasteiger partial charge in [-0.15, -0.1) is 0 Å². The van der Waals surface area contributed by atoms with E-state index >= 15 is 0 Å². The molecule has 1 aromatic carbocycles. The van der Waals surface area contributed by atoms with Gasteiger partial charge in [-0.25, -0.2) is 21.9 Å². The summed E-state index contributed by atoms with van der Waals surface area (Å²) in [7, 11) is -2.19. The number of nitrogens with two attached hydrogens (primary N) is 1. The number of likely N-dealkylation sites (N-methyl/N-ethyl adjacent to an activating group) is 1. The lowest BCUT2D eigenvalue weighted by Gasteiger charge is -2.16. The first-order valence-electron chi connectivity index (χ1n) is 6.73. The number of hydrogen-bond donors (Lipinski definition) is 2. The summed E-state index contributed by atoms with van der Waals surface area (Å²) in [4.78, 5) is 1.34. The van der Waals surface area contributed by atoms with Crippen LogP contribution in [0.1, 0.15) is 18.4 Å². The number of nitrogens with one attached hydrogen (secondary N) is 1. The molecule has 0 amide bonds. The van der Waals surface area contributed by atoms with Crippen molar-refractivity contribution in [3.63, 3.8) is 0 Å². The zero-order chi connectivity index (χ0) is 15.6. The standard InChI is InChI=1S/C13H19F2N3O2S/c1-18(10-2-3-10)5-4-17-21(19,20)12-7-9(8-16)6-11(14)13(12)15/h6-7,10,17H,2-5,8,16H2,1H3. The van der Waals surface area contributed by atoms with E-state index in [1.54, 1.807) is 0 Å². The average Bonchev–Trinajstić information content (AvgIpc) is 3.25. The molecule has 0 atom stereocenters. The molecule has 1 aliphatic rings. The van der Waals surface area contributed by atoms with Gasteiger partial charge in [0.25, 0.3) is 0 Å². The molecule has 118 valence electrons. The highest BCUT2D eigenvalue weighted by Gasteiger charge is 2.27. The number of rotatable bonds is 7. The van der Waals surface area contributed by atoms with Gasteiger partial charge in [-0.05, 0) is 37.6 Å². The Morgan fingerprint density at radius 3 is 2.62 bits per heavy atom. The number of benzene rings is 1. The second kappa shape index (κ2) is 6.35. The Labute approximate surface area is 123 Å². The highest BCUT2D eigenvalue weighted by molar-refractivity contribution is 7.89. The Morgan fingerprint density at radius 1 is 1.38 bits per heavy atom. The summed E-state index contributed by atoms with van der Waals surface area (Å²) < 4.78 is 53.5. The number of halogens is 2. The molecule has 21 heavy (non-hydrogen) atoms. The van der Waals surface area contributed by atoms with Gasteiger partial charge in [0.05, 0.1) is 0 Å². The molecule has 1 aromatic rings. The fourth-order valence-corrected chi connectivity index (χ4v) is 3.22. The van der Waals surface area contributed by atoms with Gasteiger partial charge in [-0.1, -0.05) is 0 Å². The van der Waals surface area contributed by atoms with E-state index in [4.69, 9.17) is 5.73 Å². The van der Waals surface area contributed by atoms with Crippen LogP contribution in [-0.2, 0) is 16.6 Å². The van der Waals surface area contributed by atoms with Crippen LogP contribution >= 0.6 is 0 Å². The van der Waals surface area contributed by atoms with Crippen LogP contribution in [-0.4, -0.2) is 39.5 Å². The van der Waals surface area contributed by atoms with Crippen LogP contribution in [0.3, 0.4) is 0 Å². The molecule has 1 saturated carbocycles. The van der Waals surface area contributed by atoms with Gasteiger partial charge in [0.15, 0.2) is 11.6 Å². The van der Waals surface area contributed by atoms with E-state index in [1.807, 2.05) is 11.9 Å². The van der Waals surface area contributed by atoms with Gasteiger partial charge in [0.2, 0.25) is 10.0 Å². The van der Waals surface area contributed by atoms with E-state index in [-0.39, 0.29) is 18.7 Å². The first-order chi connectivity index (χ1) is 9.85. The third-order valence-corrected chi connectivity index (χ3v) is 4.97. The second-order valence-electron chi connectivity index (χ2n) is 5.20. The van der Waals surface area contributed by atoms with Crippen LogP contribution in [0.4, 0.5) is 8.78 Å². The molecule has 0 spiro atoms. The van der Waals surface area contributed by atoms with E-state index in [0.717, 1.165) is 25.0 Å². The van der Waals surface area contributed by atoms with Crippen LogP contribution in [0.15, 0.2) is 17.0 Å². The minimum atomic E-state index is -4.09. The molecule has 0 bridgehead atoms. The summed E-state index contributed by atoms with van der Waals surface area (Å²) in [6.45, 7) is 0.595. The van der Waals surface area contributed by atoms with Crippen LogP contribution in [0.2, 0.25) is 0 Å². The van der Waals surface area contributed by atoms with Gasteiger partial charge in [-0.2, -0.15) is 0 Å². The molecule has 0 aromatic heterocycles. The largest absolute Gasteiger partial charge is 0.326 e. The van der Waals surface area contributed by atoms with Crippen molar-refractivity contribution in [1.29, 1.82) is 0 Å². The van der Waals surface area contributed by atoms with Crippen molar-refractivity contribution >= 4 is 10.0 Å². The summed E-state index contributed by atoms with van der Waals surface area (Å²) in [5.74, 6) is -2.59. The Kier molecular flexibility index (Phi) is 4.92. The summed E-state index contributed by atoms with van der Waals surface area (Å²) in [5.41, 5.74) is 5.58. The molecule has 2 rings (SSSR count). The Bertz CT molecular complexity index is 618. The molecular formula is C13H19F2N3O2S. The van der Waals surface area contributed by atoms with E-state index in [9.17, 15) is 17.2 Å². The van der Waals surface area contributed by atoms with Crippen molar-refractivity contribution in [2.45, 2.75) is 30.3 Å². The molecular weight excluding hydrogens is 300 g/mol. The molecule has 1 fully saturated rings. The molecule has 0 unspecified atom stereocenters. The summed E-state index contributed by atoms with van der Waals surface area (Å²) in [5, 5.41) is 0. The van der Waals surface area contributed by atoms with Gasteiger partial charge in [0, 0.05) is 25.7 Å². The zero-order valence-electron chi connectivity index (χ0n) is 11.8. The molecule has 5 nitrogen and oxygen atoms in total. The average molecular weight is 319 g/mol. The number of hydrogen-bond acceptors (Lipinski definition) is 4. The lowest BCUT2D eigenvalue weighted by molar-refractivity contribution is 0.329. The minimum absolute atomic E-state index is 0.0653. The third-order valence-electron chi connectivity index (χ3n) is 3.51. The SMILES string of the molecule is CN(CCNS(=O)(=O)c1cc(CN)cc(F)c1F)C1CC1. The molecule has 3 N–H and O–H groups in total.